The average Bonchev–Trinajstić information content (AvgIpc) is 2.18. The molecular formula is C10H16N2O2. The first-order valence-corrected chi connectivity index (χ1v) is 4.68. The Morgan fingerprint density at radius 1 is 1.50 bits per heavy atom. The smallest absolute Gasteiger partial charge is 0.213 e. The van der Waals surface area contributed by atoms with Crippen LogP contribution in [-0.4, -0.2) is 24.3 Å². The van der Waals surface area contributed by atoms with Crippen LogP contribution in [0, 0.1) is 0 Å². The quantitative estimate of drug-likeness (QED) is 0.774. The van der Waals surface area contributed by atoms with Crippen molar-refractivity contribution in [1.29, 1.82) is 0 Å². The number of nitrogens with zero attached hydrogens (tertiary/aromatic N) is 1. The van der Waals surface area contributed by atoms with E-state index in [1.807, 2.05) is 13.8 Å². The first-order chi connectivity index (χ1) is 6.72. The molecule has 1 unspecified atom stereocenters. The molecule has 4 nitrogen and oxygen atoms in total. The summed E-state index contributed by atoms with van der Waals surface area (Å²) in [5, 5.41) is 0. The molecule has 14 heavy (non-hydrogen) atoms. The Kier molecular flexibility index (Phi) is 4.19. The maximum Gasteiger partial charge on any atom is 0.213 e. The van der Waals surface area contributed by atoms with E-state index >= 15 is 0 Å². The predicted molar refractivity (Wildman–Crippen MR) is 55.2 cm³/mol. The number of aromatic nitrogens is 1. The third kappa shape index (κ3) is 3.62. The van der Waals surface area contributed by atoms with Gasteiger partial charge in [0.05, 0.1) is 18.5 Å². The molecule has 0 fully saturated rings. The maximum atomic E-state index is 5.49. The monoisotopic (exact) mass is 196 g/mol. The van der Waals surface area contributed by atoms with Gasteiger partial charge in [-0.15, -0.1) is 0 Å². The van der Waals surface area contributed by atoms with Gasteiger partial charge in [0.2, 0.25) is 5.88 Å². The summed E-state index contributed by atoms with van der Waals surface area (Å²) in [5.41, 5.74) is 6.13. The van der Waals surface area contributed by atoms with E-state index < -0.39 is 0 Å². The van der Waals surface area contributed by atoms with Gasteiger partial charge in [0.1, 0.15) is 6.10 Å². The number of nitrogen functional groups attached to an aromatic ring is 1. The van der Waals surface area contributed by atoms with E-state index in [1.54, 1.807) is 18.3 Å². The molecular weight excluding hydrogens is 180 g/mol. The summed E-state index contributed by atoms with van der Waals surface area (Å²) in [7, 11) is 0. The summed E-state index contributed by atoms with van der Waals surface area (Å²) >= 11 is 0. The third-order valence-corrected chi connectivity index (χ3v) is 1.64. The molecule has 78 valence electrons. The summed E-state index contributed by atoms with van der Waals surface area (Å²) < 4.78 is 10.7. The second kappa shape index (κ2) is 5.44. The van der Waals surface area contributed by atoms with Gasteiger partial charge in [0.15, 0.2) is 0 Å². The van der Waals surface area contributed by atoms with Crippen LogP contribution in [0.1, 0.15) is 13.8 Å². The van der Waals surface area contributed by atoms with E-state index in [0.717, 1.165) is 0 Å². The minimum atomic E-state index is 0.00562. The minimum Gasteiger partial charge on any atom is -0.472 e. The first-order valence-electron chi connectivity index (χ1n) is 4.68. The second-order valence-corrected chi connectivity index (χ2v) is 3.02. The maximum absolute atomic E-state index is 5.49. The topological polar surface area (TPSA) is 57.4 Å². The Labute approximate surface area is 84.0 Å². The van der Waals surface area contributed by atoms with Gasteiger partial charge in [0, 0.05) is 12.7 Å². The molecule has 1 aromatic rings. The Morgan fingerprint density at radius 2 is 2.29 bits per heavy atom. The zero-order valence-corrected chi connectivity index (χ0v) is 8.56. The Morgan fingerprint density at radius 3 is 2.86 bits per heavy atom. The Bertz CT molecular complexity index is 261. The minimum absolute atomic E-state index is 0.00562. The molecule has 1 aromatic heterocycles. The molecule has 0 amide bonds. The van der Waals surface area contributed by atoms with Gasteiger partial charge in [0.25, 0.3) is 0 Å². The standard InChI is InChI=1S/C10H16N2O2/c1-3-13-7-8(2)14-10-5-4-9(11)6-12-10/h4-6,8H,3,7,11H2,1-2H3. The molecule has 0 aromatic carbocycles. The Hall–Kier alpha value is -1.29. The van der Waals surface area contributed by atoms with Gasteiger partial charge in [-0.25, -0.2) is 4.98 Å². The zero-order chi connectivity index (χ0) is 10.4. The van der Waals surface area contributed by atoms with Crippen molar-refractivity contribution in [2.75, 3.05) is 18.9 Å². The van der Waals surface area contributed by atoms with Crippen LogP contribution in [0.2, 0.25) is 0 Å². The highest BCUT2D eigenvalue weighted by atomic mass is 16.5. The Balaban J connectivity index is 2.39. The van der Waals surface area contributed by atoms with Crippen molar-refractivity contribution in [3.8, 4) is 5.88 Å². The number of rotatable bonds is 5. The van der Waals surface area contributed by atoms with Crippen molar-refractivity contribution in [1.82, 2.24) is 4.98 Å². The number of ether oxygens (including phenoxy) is 2. The summed E-state index contributed by atoms with van der Waals surface area (Å²) in [4.78, 5) is 4.02. The number of pyridine rings is 1. The van der Waals surface area contributed by atoms with E-state index in [4.69, 9.17) is 15.2 Å². The molecule has 4 heteroatoms. The number of anilines is 1. The van der Waals surface area contributed by atoms with E-state index in [0.29, 0.717) is 24.8 Å². The van der Waals surface area contributed by atoms with Crippen LogP contribution in [0.5, 0.6) is 5.88 Å². The fourth-order valence-electron chi connectivity index (χ4n) is 0.985. The van der Waals surface area contributed by atoms with Crippen molar-refractivity contribution in [2.45, 2.75) is 20.0 Å². The van der Waals surface area contributed by atoms with Crippen molar-refractivity contribution in [3.63, 3.8) is 0 Å². The highest BCUT2D eigenvalue weighted by Crippen LogP contribution is 2.10. The largest absolute Gasteiger partial charge is 0.472 e. The lowest BCUT2D eigenvalue weighted by molar-refractivity contribution is 0.0634. The van der Waals surface area contributed by atoms with Gasteiger partial charge in [-0.1, -0.05) is 0 Å². The summed E-state index contributed by atoms with van der Waals surface area (Å²) in [6, 6.07) is 3.51. The van der Waals surface area contributed by atoms with Gasteiger partial charge in [-0.2, -0.15) is 0 Å². The normalized spacial score (nSPS) is 12.4. The number of hydrogen-bond donors (Lipinski definition) is 1. The fourth-order valence-corrected chi connectivity index (χ4v) is 0.985. The number of nitrogens with two attached hydrogens (primary N) is 1. The molecule has 0 spiro atoms. The molecule has 1 rings (SSSR count). The molecule has 0 saturated heterocycles. The second-order valence-electron chi connectivity index (χ2n) is 3.02. The van der Waals surface area contributed by atoms with Crippen molar-refractivity contribution >= 4 is 5.69 Å². The van der Waals surface area contributed by atoms with Crippen LogP contribution in [0.3, 0.4) is 0 Å². The average molecular weight is 196 g/mol. The van der Waals surface area contributed by atoms with Crippen LogP contribution in [0.15, 0.2) is 18.3 Å². The van der Waals surface area contributed by atoms with Crippen LogP contribution < -0.4 is 10.5 Å². The van der Waals surface area contributed by atoms with Crippen LogP contribution in [-0.2, 0) is 4.74 Å². The molecule has 2 N–H and O–H groups in total. The third-order valence-electron chi connectivity index (χ3n) is 1.64. The van der Waals surface area contributed by atoms with Gasteiger partial charge in [-0.05, 0) is 19.9 Å². The molecule has 1 atom stereocenters. The van der Waals surface area contributed by atoms with E-state index in [-0.39, 0.29) is 6.10 Å². The molecule has 0 bridgehead atoms. The molecule has 0 aliphatic heterocycles. The lowest BCUT2D eigenvalue weighted by Crippen LogP contribution is -2.19. The highest BCUT2D eigenvalue weighted by molar-refractivity contribution is 5.35. The van der Waals surface area contributed by atoms with E-state index in [9.17, 15) is 0 Å². The molecule has 1 heterocycles. The van der Waals surface area contributed by atoms with E-state index in [1.165, 1.54) is 0 Å². The van der Waals surface area contributed by atoms with Crippen molar-refractivity contribution in [3.05, 3.63) is 18.3 Å². The van der Waals surface area contributed by atoms with Gasteiger partial charge < -0.3 is 15.2 Å². The van der Waals surface area contributed by atoms with E-state index in [2.05, 4.69) is 4.98 Å². The van der Waals surface area contributed by atoms with Gasteiger partial charge >= 0.3 is 0 Å². The van der Waals surface area contributed by atoms with Crippen LogP contribution in [0.4, 0.5) is 5.69 Å². The zero-order valence-electron chi connectivity index (χ0n) is 8.56. The molecule has 0 aliphatic carbocycles. The van der Waals surface area contributed by atoms with Gasteiger partial charge in [-0.3, -0.25) is 0 Å². The van der Waals surface area contributed by atoms with Crippen molar-refractivity contribution in [2.24, 2.45) is 0 Å². The van der Waals surface area contributed by atoms with Crippen LogP contribution >= 0.6 is 0 Å². The lowest BCUT2D eigenvalue weighted by Gasteiger charge is -2.13. The molecule has 0 aliphatic rings. The van der Waals surface area contributed by atoms with Crippen molar-refractivity contribution < 1.29 is 9.47 Å². The fraction of sp³-hybridized carbons (Fsp3) is 0.500. The molecule has 0 radical (unpaired) electrons. The summed E-state index contributed by atoms with van der Waals surface area (Å²) in [5.74, 6) is 0.575. The molecule has 0 saturated carbocycles. The summed E-state index contributed by atoms with van der Waals surface area (Å²) in [6.45, 7) is 5.16. The summed E-state index contributed by atoms with van der Waals surface area (Å²) in [6.07, 6.45) is 1.58. The van der Waals surface area contributed by atoms with Crippen LogP contribution in [0.25, 0.3) is 0 Å². The lowest BCUT2D eigenvalue weighted by atomic mass is 10.4. The highest BCUT2D eigenvalue weighted by Gasteiger charge is 2.03. The SMILES string of the molecule is CCOCC(C)Oc1ccc(N)cn1. The first kappa shape index (κ1) is 10.8. The predicted octanol–water partition coefficient (Wildman–Crippen LogP) is 1.47. The number of hydrogen-bond acceptors (Lipinski definition) is 4.